The first-order valence-corrected chi connectivity index (χ1v) is 12.1. The van der Waals surface area contributed by atoms with Crippen molar-refractivity contribution in [2.75, 3.05) is 59.5 Å². The maximum Gasteiger partial charge on any atom is 0.191 e. The summed E-state index contributed by atoms with van der Waals surface area (Å²) < 4.78 is 0. The molecule has 0 aromatic heterocycles. The van der Waals surface area contributed by atoms with Crippen molar-refractivity contribution in [1.82, 2.24) is 20.4 Å². The largest absolute Gasteiger partial charge is 0.396 e. The van der Waals surface area contributed by atoms with Gasteiger partial charge < -0.3 is 20.6 Å². The Morgan fingerprint density at radius 1 is 1.19 bits per heavy atom. The molecule has 3 N–H and O–H groups in total. The molecule has 0 radical (unpaired) electrons. The van der Waals surface area contributed by atoms with E-state index in [9.17, 15) is 5.11 Å². The molecule has 0 aliphatic carbocycles. The third-order valence-corrected chi connectivity index (χ3v) is 5.99. The van der Waals surface area contributed by atoms with Crippen LogP contribution in [-0.2, 0) is 0 Å². The van der Waals surface area contributed by atoms with Crippen LogP contribution in [0.1, 0.15) is 51.6 Å². The predicted molar refractivity (Wildman–Crippen MR) is 131 cm³/mol. The van der Waals surface area contributed by atoms with Crippen molar-refractivity contribution < 1.29 is 5.11 Å². The summed E-state index contributed by atoms with van der Waals surface area (Å²) >= 11 is 0. The van der Waals surface area contributed by atoms with Crippen LogP contribution in [0.5, 0.6) is 0 Å². The summed E-state index contributed by atoms with van der Waals surface area (Å²) in [5.74, 6) is 1.97. The minimum atomic E-state index is 0.241. The number of aliphatic hydroxyl groups excluding tert-OH is 1. The Morgan fingerprint density at radius 3 is 2.65 bits per heavy atom. The van der Waals surface area contributed by atoms with Gasteiger partial charge in [-0.1, -0.05) is 44.2 Å². The Morgan fingerprint density at radius 2 is 1.97 bits per heavy atom. The van der Waals surface area contributed by atoms with E-state index < -0.39 is 0 Å². The van der Waals surface area contributed by atoms with E-state index in [0.717, 1.165) is 71.0 Å². The van der Waals surface area contributed by atoms with Crippen LogP contribution in [0.3, 0.4) is 0 Å². The van der Waals surface area contributed by atoms with Crippen LogP contribution in [0.15, 0.2) is 35.3 Å². The van der Waals surface area contributed by atoms with E-state index in [2.05, 4.69) is 78.6 Å². The Labute approximate surface area is 190 Å². The molecule has 2 rings (SSSR count). The summed E-state index contributed by atoms with van der Waals surface area (Å²) in [6.45, 7) is 13.8. The zero-order chi connectivity index (χ0) is 22.5. The first kappa shape index (κ1) is 25.6. The van der Waals surface area contributed by atoms with Crippen LogP contribution in [0.25, 0.3) is 0 Å². The fourth-order valence-corrected chi connectivity index (χ4v) is 4.40. The summed E-state index contributed by atoms with van der Waals surface area (Å²) in [6.07, 6.45) is 3.02. The minimum Gasteiger partial charge on any atom is -0.396 e. The van der Waals surface area contributed by atoms with Gasteiger partial charge in [0.25, 0.3) is 0 Å². The zero-order valence-electron chi connectivity index (χ0n) is 20.2. The molecular formula is C25H45N5O. The third kappa shape index (κ3) is 9.58. The van der Waals surface area contributed by atoms with Gasteiger partial charge >= 0.3 is 0 Å². The second-order valence-electron chi connectivity index (χ2n) is 9.23. The Hall–Kier alpha value is -1.63. The molecule has 1 aromatic carbocycles. The topological polar surface area (TPSA) is 63.1 Å². The number of rotatable bonds is 12. The van der Waals surface area contributed by atoms with Gasteiger partial charge in [-0.25, -0.2) is 0 Å². The van der Waals surface area contributed by atoms with E-state index >= 15 is 0 Å². The second kappa shape index (κ2) is 14.4. The van der Waals surface area contributed by atoms with Crippen molar-refractivity contribution in [2.24, 2.45) is 16.8 Å². The summed E-state index contributed by atoms with van der Waals surface area (Å²) in [7, 11) is 2.22. The van der Waals surface area contributed by atoms with Crippen molar-refractivity contribution in [3.8, 4) is 0 Å². The summed E-state index contributed by atoms with van der Waals surface area (Å²) in [6, 6.07) is 11.4. The number of aliphatic imine (C=N–C) groups is 1. The van der Waals surface area contributed by atoms with Crippen molar-refractivity contribution in [1.29, 1.82) is 0 Å². The van der Waals surface area contributed by atoms with Gasteiger partial charge in [0.2, 0.25) is 0 Å². The average Bonchev–Trinajstić information content (AvgIpc) is 2.76. The Balaban J connectivity index is 1.84. The van der Waals surface area contributed by atoms with E-state index in [4.69, 9.17) is 4.99 Å². The van der Waals surface area contributed by atoms with Crippen molar-refractivity contribution >= 4 is 5.96 Å². The molecule has 0 spiro atoms. The lowest BCUT2D eigenvalue weighted by atomic mass is 9.94. The minimum absolute atomic E-state index is 0.241. The number of hydrogen-bond donors (Lipinski definition) is 3. The molecule has 0 saturated carbocycles. The molecule has 1 heterocycles. The van der Waals surface area contributed by atoms with Crippen molar-refractivity contribution in [3.63, 3.8) is 0 Å². The van der Waals surface area contributed by atoms with E-state index in [1.54, 1.807) is 0 Å². The standard InChI is InChI=1S/C25H45N5O/c1-5-26-25(28-19-22(12-17-31)18-21(2)3)27-13-9-14-30-16-15-29(4)20-24(30)23-10-7-6-8-11-23/h6-8,10-11,21-22,24,31H,5,9,12-20H2,1-4H3,(H2,26,27,28). The highest BCUT2D eigenvalue weighted by atomic mass is 16.3. The fraction of sp³-hybridized carbons (Fsp3) is 0.720. The molecule has 6 nitrogen and oxygen atoms in total. The van der Waals surface area contributed by atoms with Crippen LogP contribution < -0.4 is 10.6 Å². The zero-order valence-corrected chi connectivity index (χ0v) is 20.2. The molecule has 31 heavy (non-hydrogen) atoms. The molecule has 1 aromatic rings. The molecular weight excluding hydrogens is 386 g/mol. The van der Waals surface area contributed by atoms with E-state index in [1.807, 2.05) is 0 Å². The van der Waals surface area contributed by atoms with Gasteiger partial charge in [-0.3, -0.25) is 9.89 Å². The van der Waals surface area contributed by atoms with E-state index in [0.29, 0.717) is 17.9 Å². The van der Waals surface area contributed by atoms with Gasteiger partial charge in [-0.05, 0) is 50.6 Å². The number of aliphatic hydroxyl groups is 1. The molecule has 176 valence electrons. The van der Waals surface area contributed by atoms with Crippen LogP contribution in [0.4, 0.5) is 0 Å². The van der Waals surface area contributed by atoms with E-state index in [-0.39, 0.29) is 6.61 Å². The fourth-order valence-electron chi connectivity index (χ4n) is 4.40. The number of likely N-dealkylation sites (N-methyl/N-ethyl adjacent to an activating group) is 1. The number of nitrogens with zero attached hydrogens (tertiary/aromatic N) is 3. The average molecular weight is 432 g/mol. The highest BCUT2D eigenvalue weighted by molar-refractivity contribution is 5.79. The molecule has 6 heteroatoms. The van der Waals surface area contributed by atoms with Gasteiger partial charge in [-0.2, -0.15) is 0 Å². The SMILES string of the molecule is CCNC(=NCC(CCO)CC(C)C)NCCCN1CCN(C)CC1c1ccccc1. The molecule has 1 aliphatic rings. The molecule has 1 aliphatic heterocycles. The number of guanidine groups is 1. The lowest BCUT2D eigenvalue weighted by Gasteiger charge is -2.40. The quantitative estimate of drug-likeness (QED) is 0.270. The Kier molecular flexibility index (Phi) is 11.9. The predicted octanol–water partition coefficient (Wildman–Crippen LogP) is 2.97. The smallest absolute Gasteiger partial charge is 0.191 e. The van der Waals surface area contributed by atoms with Gasteiger partial charge in [-0.15, -0.1) is 0 Å². The van der Waals surface area contributed by atoms with Gasteiger partial charge in [0.1, 0.15) is 0 Å². The van der Waals surface area contributed by atoms with Crippen molar-refractivity contribution in [2.45, 2.75) is 46.1 Å². The maximum absolute atomic E-state index is 9.35. The molecule has 0 bridgehead atoms. The van der Waals surface area contributed by atoms with Gasteiger partial charge in [0, 0.05) is 58.5 Å². The second-order valence-corrected chi connectivity index (χ2v) is 9.23. The summed E-state index contributed by atoms with van der Waals surface area (Å²) in [4.78, 5) is 9.86. The Bertz CT molecular complexity index is 622. The monoisotopic (exact) mass is 431 g/mol. The van der Waals surface area contributed by atoms with Crippen LogP contribution in [0, 0.1) is 11.8 Å². The highest BCUT2D eigenvalue weighted by Gasteiger charge is 2.25. The number of nitrogens with one attached hydrogen (secondary N) is 2. The number of benzene rings is 1. The van der Waals surface area contributed by atoms with Gasteiger partial charge in [0.15, 0.2) is 5.96 Å². The molecule has 1 fully saturated rings. The van der Waals surface area contributed by atoms with E-state index in [1.165, 1.54) is 5.56 Å². The lowest BCUT2D eigenvalue weighted by Crippen LogP contribution is -2.47. The molecule has 2 unspecified atom stereocenters. The molecule has 2 atom stereocenters. The van der Waals surface area contributed by atoms with Crippen LogP contribution >= 0.6 is 0 Å². The molecule has 1 saturated heterocycles. The van der Waals surface area contributed by atoms with Crippen molar-refractivity contribution in [3.05, 3.63) is 35.9 Å². The summed E-state index contributed by atoms with van der Waals surface area (Å²) in [5, 5.41) is 16.2. The first-order chi connectivity index (χ1) is 15.0. The number of hydrogen-bond acceptors (Lipinski definition) is 4. The highest BCUT2D eigenvalue weighted by Crippen LogP contribution is 2.24. The maximum atomic E-state index is 9.35. The normalized spacial score (nSPS) is 19.5. The third-order valence-electron chi connectivity index (χ3n) is 5.99. The summed E-state index contributed by atoms with van der Waals surface area (Å²) in [5.41, 5.74) is 1.41. The molecule has 0 amide bonds. The van der Waals surface area contributed by atoms with Crippen LogP contribution in [0.2, 0.25) is 0 Å². The van der Waals surface area contributed by atoms with Gasteiger partial charge in [0.05, 0.1) is 0 Å². The number of piperazine rings is 1. The first-order valence-electron chi connectivity index (χ1n) is 12.1. The van der Waals surface area contributed by atoms with Crippen LogP contribution in [-0.4, -0.2) is 80.3 Å². The lowest BCUT2D eigenvalue weighted by molar-refractivity contribution is 0.0891.